The zero-order valence-corrected chi connectivity index (χ0v) is 16.0. The van der Waals surface area contributed by atoms with Crippen molar-refractivity contribution in [3.63, 3.8) is 0 Å². The lowest BCUT2D eigenvalue weighted by Crippen LogP contribution is -2.20. The molecule has 0 aliphatic carbocycles. The highest BCUT2D eigenvalue weighted by atomic mass is 31.1. The average Bonchev–Trinajstić information content (AvgIpc) is 2.73. The van der Waals surface area contributed by atoms with Crippen LogP contribution in [0.1, 0.15) is 12.5 Å². The van der Waals surface area contributed by atoms with Gasteiger partial charge in [-0.3, -0.25) is 0 Å². The number of carbonyl (C=O) groups is 1. The second-order valence-corrected chi connectivity index (χ2v) is 7.94. The summed E-state index contributed by atoms with van der Waals surface area (Å²) in [5.41, 5.74) is 0.597. The molecule has 0 aromatic heterocycles. The molecule has 0 radical (unpaired) electrons. The van der Waals surface area contributed by atoms with Crippen molar-refractivity contribution in [1.82, 2.24) is 0 Å². The lowest BCUT2D eigenvalue weighted by molar-refractivity contribution is -0.137. The topological polar surface area (TPSA) is 46.5 Å². The van der Waals surface area contributed by atoms with Crippen LogP contribution in [-0.4, -0.2) is 17.7 Å². The van der Waals surface area contributed by atoms with E-state index in [1.54, 1.807) is 19.1 Å². The quantitative estimate of drug-likeness (QED) is 0.296. The highest BCUT2D eigenvalue weighted by Gasteiger charge is 2.29. The minimum atomic E-state index is -1.27. The van der Waals surface area contributed by atoms with Crippen molar-refractivity contribution in [3.8, 4) is 0 Å². The molecule has 3 aromatic carbocycles. The van der Waals surface area contributed by atoms with Gasteiger partial charge in [0, 0.05) is 5.56 Å². The first-order valence-corrected chi connectivity index (χ1v) is 10.1. The lowest BCUT2D eigenvalue weighted by Gasteiger charge is -2.22. The van der Waals surface area contributed by atoms with Gasteiger partial charge < -0.3 is 9.84 Å². The van der Waals surface area contributed by atoms with Gasteiger partial charge in [0.2, 0.25) is 0 Å². The number of esters is 1. The summed E-state index contributed by atoms with van der Waals surface area (Å²) >= 11 is 0. The second-order valence-electron chi connectivity index (χ2n) is 5.79. The summed E-state index contributed by atoms with van der Waals surface area (Å²) in [5, 5.41) is 13.3. The van der Waals surface area contributed by atoms with Crippen molar-refractivity contribution in [1.29, 1.82) is 0 Å². The number of aliphatic hydroxyl groups excluding tert-OH is 1. The zero-order chi connectivity index (χ0) is 19.1. The molecule has 0 fully saturated rings. The van der Waals surface area contributed by atoms with Crippen LogP contribution in [0, 0.1) is 0 Å². The standard InChI is InChI=1S/C23H21O3P/c1-2-26-23(25)22(21(24)18-12-6-3-7-13-18)27(19-14-8-4-9-15-19)20-16-10-5-11-17-20/h3-17,24H,2H2,1H3. The summed E-state index contributed by atoms with van der Waals surface area (Å²) in [7, 11) is -1.27. The Kier molecular flexibility index (Phi) is 6.40. The van der Waals surface area contributed by atoms with Crippen LogP contribution in [0.3, 0.4) is 0 Å². The Morgan fingerprint density at radius 1 is 0.815 bits per heavy atom. The van der Waals surface area contributed by atoms with Gasteiger partial charge >= 0.3 is 5.97 Å². The molecular formula is C23H21O3P. The smallest absolute Gasteiger partial charge is 0.343 e. The van der Waals surface area contributed by atoms with E-state index in [1.165, 1.54) is 0 Å². The van der Waals surface area contributed by atoms with E-state index < -0.39 is 13.9 Å². The predicted octanol–water partition coefficient (Wildman–Crippen LogP) is 4.61. The fourth-order valence-electron chi connectivity index (χ4n) is 2.79. The first-order valence-electron chi connectivity index (χ1n) is 8.78. The molecule has 3 nitrogen and oxygen atoms in total. The summed E-state index contributed by atoms with van der Waals surface area (Å²) in [6.07, 6.45) is 0. The van der Waals surface area contributed by atoms with Crippen molar-refractivity contribution in [2.75, 3.05) is 6.61 Å². The number of aliphatic hydroxyl groups is 1. The minimum absolute atomic E-state index is 0.0344. The van der Waals surface area contributed by atoms with Crippen molar-refractivity contribution >= 4 is 30.3 Å². The van der Waals surface area contributed by atoms with Gasteiger partial charge in [0.05, 0.1) is 6.61 Å². The zero-order valence-electron chi connectivity index (χ0n) is 15.1. The Labute approximate surface area is 160 Å². The monoisotopic (exact) mass is 376 g/mol. The van der Waals surface area contributed by atoms with Gasteiger partial charge in [0.1, 0.15) is 11.1 Å². The molecule has 0 heterocycles. The molecule has 0 aliphatic rings. The summed E-state index contributed by atoms with van der Waals surface area (Å²) in [5.74, 6) is -0.523. The Morgan fingerprint density at radius 2 is 1.26 bits per heavy atom. The second kappa shape index (κ2) is 9.16. The molecule has 27 heavy (non-hydrogen) atoms. The van der Waals surface area contributed by atoms with Gasteiger partial charge in [-0.25, -0.2) is 4.79 Å². The summed E-state index contributed by atoms with van der Waals surface area (Å²) in [6.45, 7) is 2.01. The van der Waals surface area contributed by atoms with Crippen LogP contribution in [0.25, 0.3) is 5.76 Å². The maximum absolute atomic E-state index is 12.9. The molecule has 0 unspecified atom stereocenters. The molecule has 0 amide bonds. The molecule has 0 atom stereocenters. The molecule has 0 saturated carbocycles. The maximum Gasteiger partial charge on any atom is 0.343 e. The fourth-order valence-corrected chi connectivity index (χ4v) is 5.13. The number of hydrogen-bond donors (Lipinski definition) is 1. The van der Waals surface area contributed by atoms with Crippen LogP contribution in [0.15, 0.2) is 96.3 Å². The number of ether oxygens (including phenoxy) is 1. The SMILES string of the molecule is CCOC(=O)C(=C(O)c1ccccc1)P(c1ccccc1)c1ccccc1. The van der Waals surface area contributed by atoms with Crippen LogP contribution < -0.4 is 10.6 Å². The van der Waals surface area contributed by atoms with E-state index in [9.17, 15) is 9.90 Å². The van der Waals surface area contributed by atoms with Gasteiger partial charge in [-0.2, -0.15) is 0 Å². The molecular weight excluding hydrogens is 355 g/mol. The molecule has 0 saturated heterocycles. The molecule has 4 heteroatoms. The van der Waals surface area contributed by atoms with E-state index in [1.807, 2.05) is 78.9 Å². The molecule has 3 rings (SSSR count). The van der Waals surface area contributed by atoms with Crippen LogP contribution in [-0.2, 0) is 9.53 Å². The van der Waals surface area contributed by atoms with E-state index in [2.05, 4.69) is 0 Å². The van der Waals surface area contributed by atoms with Crippen LogP contribution in [0.5, 0.6) is 0 Å². The van der Waals surface area contributed by atoms with E-state index in [0.717, 1.165) is 10.6 Å². The van der Waals surface area contributed by atoms with Crippen molar-refractivity contribution in [2.24, 2.45) is 0 Å². The van der Waals surface area contributed by atoms with Crippen LogP contribution >= 0.6 is 7.92 Å². The van der Waals surface area contributed by atoms with Crippen molar-refractivity contribution in [2.45, 2.75) is 6.92 Å². The first kappa shape index (κ1) is 18.9. The molecule has 1 N–H and O–H groups in total. The third kappa shape index (κ3) is 4.45. The van der Waals surface area contributed by atoms with E-state index >= 15 is 0 Å². The van der Waals surface area contributed by atoms with E-state index in [0.29, 0.717) is 10.9 Å². The molecule has 0 aliphatic heterocycles. The fraction of sp³-hybridized carbons (Fsp3) is 0.0870. The Balaban J connectivity index is 2.24. The van der Waals surface area contributed by atoms with E-state index in [4.69, 9.17) is 4.74 Å². The lowest BCUT2D eigenvalue weighted by atomic mass is 10.2. The summed E-state index contributed by atoms with van der Waals surface area (Å²) in [4.78, 5) is 12.9. The molecule has 0 spiro atoms. The predicted molar refractivity (Wildman–Crippen MR) is 112 cm³/mol. The van der Waals surface area contributed by atoms with Crippen molar-refractivity contribution in [3.05, 3.63) is 102 Å². The maximum atomic E-state index is 12.9. The minimum Gasteiger partial charge on any atom is -0.506 e. The van der Waals surface area contributed by atoms with Crippen molar-refractivity contribution < 1.29 is 14.6 Å². The summed E-state index contributed by atoms with van der Waals surface area (Å²) in [6, 6.07) is 28.7. The Hall–Kier alpha value is -2.90. The number of benzene rings is 3. The molecule has 136 valence electrons. The van der Waals surface area contributed by atoms with Gasteiger partial charge in [0.15, 0.2) is 0 Å². The Morgan fingerprint density at radius 3 is 1.70 bits per heavy atom. The third-order valence-corrected chi connectivity index (χ3v) is 6.46. The van der Waals surface area contributed by atoms with Crippen LogP contribution in [0.4, 0.5) is 0 Å². The molecule has 3 aromatic rings. The highest BCUT2D eigenvalue weighted by molar-refractivity contribution is 7.78. The summed E-state index contributed by atoms with van der Waals surface area (Å²) < 4.78 is 5.33. The Bertz CT molecular complexity index is 867. The molecule has 0 bridgehead atoms. The first-order chi connectivity index (χ1) is 13.2. The number of carbonyl (C=O) groups excluding carboxylic acids is 1. The van der Waals surface area contributed by atoms with Crippen LogP contribution in [0.2, 0.25) is 0 Å². The third-order valence-electron chi connectivity index (χ3n) is 3.99. The number of rotatable bonds is 6. The van der Waals surface area contributed by atoms with E-state index in [-0.39, 0.29) is 12.4 Å². The largest absolute Gasteiger partial charge is 0.506 e. The normalized spacial score (nSPS) is 11.8. The highest BCUT2D eigenvalue weighted by Crippen LogP contribution is 2.46. The van der Waals surface area contributed by atoms with Gasteiger partial charge in [-0.1, -0.05) is 91.0 Å². The van der Waals surface area contributed by atoms with Gasteiger partial charge in [0.25, 0.3) is 0 Å². The van der Waals surface area contributed by atoms with Gasteiger partial charge in [-0.05, 0) is 25.5 Å². The average molecular weight is 376 g/mol. The van der Waals surface area contributed by atoms with Gasteiger partial charge in [-0.15, -0.1) is 0 Å². The number of hydrogen-bond acceptors (Lipinski definition) is 3.